The van der Waals surface area contributed by atoms with E-state index in [1.165, 1.54) is 38.5 Å². The lowest BCUT2D eigenvalue weighted by molar-refractivity contribution is 0.126. The molecule has 3 heteroatoms. The van der Waals surface area contributed by atoms with E-state index < -0.39 is 0 Å². The molecular weight excluding hydrogens is 207 g/mol. The second-order valence-electron chi connectivity index (χ2n) is 3.03. The molecule has 0 aliphatic carbocycles. The molecule has 0 spiro atoms. The van der Waals surface area contributed by atoms with Crippen molar-refractivity contribution in [1.82, 2.24) is 0 Å². The van der Waals surface area contributed by atoms with Crippen molar-refractivity contribution in [3.05, 3.63) is 0 Å². The van der Waals surface area contributed by atoms with Crippen molar-refractivity contribution in [1.29, 1.82) is 0 Å². The van der Waals surface area contributed by atoms with E-state index in [0.29, 0.717) is 0 Å². The molecule has 0 aromatic carbocycles. The Morgan fingerprint density at radius 3 is 1.38 bits per heavy atom. The smallest absolute Gasteiger partial charge is 0.0466 e. The topological polar surface area (TPSA) is 9.23 Å². The zero-order valence-corrected chi connectivity index (χ0v) is 10.5. The van der Waals surface area contributed by atoms with Gasteiger partial charge in [0.15, 0.2) is 0 Å². The fourth-order valence-corrected chi connectivity index (χ4v) is 1.01. The van der Waals surface area contributed by atoms with Crippen LogP contribution < -0.4 is 0 Å². The number of rotatable bonds is 8. The van der Waals surface area contributed by atoms with Gasteiger partial charge in [-0.3, -0.25) is 0 Å². The van der Waals surface area contributed by atoms with Crippen LogP contribution in [0.2, 0.25) is 0 Å². The molecule has 0 aliphatic heterocycles. The Morgan fingerprint density at radius 2 is 1.08 bits per heavy atom. The van der Waals surface area contributed by atoms with Gasteiger partial charge in [0, 0.05) is 13.2 Å². The van der Waals surface area contributed by atoms with E-state index >= 15 is 0 Å². The van der Waals surface area contributed by atoms with Crippen molar-refractivity contribution in [3.63, 3.8) is 0 Å². The minimum atomic E-state index is 0. The predicted molar refractivity (Wildman–Crippen MR) is 64.4 cm³/mol. The standard InChI is InChI=1S/C10H22O.2ClH/c1-3-5-7-9-11-10-8-6-4-2;;/h3-10H2,1-2H3;2*1H. The van der Waals surface area contributed by atoms with E-state index in [1.54, 1.807) is 0 Å². The highest BCUT2D eigenvalue weighted by Gasteiger charge is 1.88. The maximum Gasteiger partial charge on any atom is 0.0466 e. The number of hydrogen-bond acceptors (Lipinski definition) is 1. The SMILES string of the molecule is CCCCCOCCCCC.Cl.Cl. The summed E-state index contributed by atoms with van der Waals surface area (Å²) in [5.41, 5.74) is 0. The van der Waals surface area contributed by atoms with Crippen LogP contribution in [-0.2, 0) is 4.74 Å². The predicted octanol–water partition coefficient (Wildman–Crippen LogP) is 4.23. The van der Waals surface area contributed by atoms with Crippen molar-refractivity contribution < 1.29 is 4.74 Å². The summed E-state index contributed by atoms with van der Waals surface area (Å²) < 4.78 is 5.44. The second-order valence-corrected chi connectivity index (χ2v) is 3.03. The molecule has 0 fully saturated rings. The van der Waals surface area contributed by atoms with Gasteiger partial charge in [-0.25, -0.2) is 0 Å². The zero-order chi connectivity index (χ0) is 8.36. The van der Waals surface area contributed by atoms with Gasteiger partial charge in [-0.1, -0.05) is 39.5 Å². The van der Waals surface area contributed by atoms with Crippen molar-refractivity contribution in [2.75, 3.05) is 13.2 Å². The zero-order valence-electron chi connectivity index (χ0n) is 8.88. The summed E-state index contributed by atoms with van der Waals surface area (Å²) in [5, 5.41) is 0. The third-order valence-corrected chi connectivity index (χ3v) is 1.78. The largest absolute Gasteiger partial charge is 0.381 e. The van der Waals surface area contributed by atoms with Gasteiger partial charge >= 0.3 is 0 Å². The summed E-state index contributed by atoms with van der Waals surface area (Å²) in [6.07, 6.45) is 7.68. The summed E-state index contributed by atoms with van der Waals surface area (Å²) >= 11 is 0. The molecule has 0 atom stereocenters. The van der Waals surface area contributed by atoms with E-state index in [4.69, 9.17) is 4.74 Å². The normalized spacial score (nSPS) is 8.77. The molecule has 0 saturated heterocycles. The van der Waals surface area contributed by atoms with Crippen LogP contribution in [0.4, 0.5) is 0 Å². The maximum atomic E-state index is 5.44. The van der Waals surface area contributed by atoms with Gasteiger partial charge in [0.2, 0.25) is 0 Å². The monoisotopic (exact) mass is 230 g/mol. The molecule has 0 amide bonds. The second kappa shape index (κ2) is 18.3. The first-order valence-electron chi connectivity index (χ1n) is 4.99. The Kier molecular flexibility index (Phi) is 27.1. The molecule has 13 heavy (non-hydrogen) atoms. The first kappa shape index (κ1) is 19.2. The fraction of sp³-hybridized carbons (Fsp3) is 1.00. The van der Waals surface area contributed by atoms with E-state index in [0.717, 1.165) is 13.2 Å². The van der Waals surface area contributed by atoms with Gasteiger partial charge in [-0.2, -0.15) is 0 Å². The molecule has 0 aromatic heterocycles. The Balaban J connectivity index is -0.000000500. The van der Waals surface area contributed by atoms with Gasteiger partial charge in [-0.05, 0) is 12.8 Å². The molecule has 0 aliphatic rings. The lowest BCUT2D eigenvalue weighted by atomic mass is 10.2. The molecule has 0 heterocycles. The van der Waals surface area contributed by atoms with Crippen molar-refractivity contribution in [2.24, 2.45) is 0 Å². The van der Waals surface area contributed by atoms with Gasteiger partial charge in [0.05, 0.1) is 0 Å². The van der Waals surface area contributed by atoms with Crippen molar-refractivity contribution in [3.8, 4) is 0 Å². The number of halogens is 2. The summed E-state index contributed by atoms with van der Waals surface area (Å²) in [5.74, 6) is 0. The van der Waals surface area contributed by atoms with Gasteiger partial charge < -0.3 is 4.74 Å². The maximum absolute atomic E-state index is 5.44. The number of hydrogen-bond donors (Lipinski definition) is 0. The minimum Gasteiger partial charge on any atom is -0.381 e. The highest BCUT2D eigenvalue weighted by molar-refractivity contribution is 5.85. The van der Waals surface area contributed by atoms with E-state index in [-0.39, 0.29) is 24.8 Å². The van der Waals surface area contributed by atoms with E-state index in [1.807, 2.05) is 0 Å². The third kappa shape index (κ3) is 19.1. The quantitative estimate of drug-likeness (QED) is 0.568. The van der Waals surface area contributed by atoms with Crippen LogP contribution in [0.15, 0.2) is 0 Å². The Labute approximate surface area is 95.4 Å². The summed E-state index contributed by atoms with van der Waals surface area (Å²) in [7, 11) is 0. The third-order valence-electron chi connectivity index (χ3n) is 1.78. The molecule has 1 nitrogen and oxygen atoms in total. The van der Waals surface area contributed by atoms with Gasteiger partial charge in [-0.15, -0.1) is 24.8 Å². The first-order chi connectivity index (χ1) is 5.41. The molecule has 0 rings (SSSR count). The van der Waals surface area contributed by atoms with Crippen LogP contribution in [0, 0.1) is 0 Å². The van der Waals surface area contributed by atoms with Crippen LogP contribution in [0.1, 0.15) is 52.4 Å². The molecule has 0 N–H and O–H groups in total. The molecule has 0 saturated carbocycles. The molecule has 0 unspecified atom stereocenters. The lowest BCUT2D eigenvalue weighted by Crippen LogP contribution is -1.96. The molecular formula is C10H24Cl2O. The number of ether oxygens (including phenoxy) is 1. The molecule has 0 bridgehead atoms. The van der Waals surface area contributed by atoms with E-state index in [2.05, 4.69) is 13.8 Å². The van der Waals surface area contributed by atoms with Crippen LogP contribution in [0.25, 0.3) is 0 Å². The average Bonchev–Trinajstić information content (AvgIpc) is 2.03. The average molecular weight is 231 g/mol. The first-order valence-corrected chi connectivity index (χ1v) is 4.99. The highest BCUT2D eigenvalue weighted by Crippen LogP contribution is 1.97. The Morgan fingerprint density at radius 1 is 0.692 bits per heavy atom. The van der Waals surface area contributed by atoms with Gasteiger partial charge in [0.25, 0.3) is 0 Å². The van der Waals surface area contributed by atoms with Crippen molar-refractivity contribution in [2.45, 2.75) is 52.4 Å². The molecule has 0 aromatic rings. The summed E-state index contributed by atoms with van der Waals surface area (Å²) in [4.78, 5) is 0. The fourth-order valence-electron chi connectivity index (χ4n) is 1.01. The number of unbranched alkanes of at least 4 members (excludes halogenated alkanes) is 4. The lowest BCUT2D eigenvalue weighted by Gasteiger charge is -2.01. The minimum absolute atomic E-state index is 0. The van der Waals surface area contributed by atoms with Crippen LogP contribution in [0.5, 0.6) is 0 Å². The Hall–Kier alpha value is 0.540. The highest BCUT2D eigenvalue weighted by atomic mass is 35.5. The Bertz CT molecular complexity index is 61.9. The van der Waals surface area contributed by atoms with E-state index in [9.17, 15) is 0 Å². The van der Waals surface area contributed by atoms with Crippen LogP contribution in [-0.4, -0.2) is 13.2 Å². The van der Waals surface area contributed by atoms with Crippen LogP contribution in [0.3, 0.4) is 0 Å². The summed E-state index contributed by atoms with van der Waals surface area (Å²) in [6, 6.07) is 0. The molecule has 0 radical (unpaired) electrons. The van der Waals surface area contributed by atoms with Gasteiger partial charge in [0.1, 0.15) is 0 Å². The molecule has 84 valence electrons. The summed E-state index contributed by atoms with van der Waals surface area (Å²) in [6.45, 7) is 6.38. The van der Waals surface area contributed by atoms with Crippen LogP contribution >= 0.6 is 24.8 Å². The van der Waals surface area contributed by atoms with Crippen molar-refractivity contribution >= 4 is 24.8 Å².